The van der Waals surface area contributed by atoms with Crippen molar-refractivity contribution >= 4 is 17.5 Å². The molecule has 1 aromatic rings. The summed E-state index contributed by atoms with van der Waals surface area (Å²) in [5.74, 6) is -0.545. The Morgan fingerprint density at radius 1 is 1.60 bits per heavy atom. The largest absolute Gasteiger partial charge is 0.495 e. The molecular formula is C10H12FNO2S. The number of halogens is 1. The highest BCUT2D eigenvalue weighted by Crippen LogP contribution is 2.32. The third kappa shape index (κ3) is 2.30. The van der Waals surface area contributed by atoms with Crippen LogP contribution in [0.15, 0.2) is 17.0 Å². The van der Waals surface area contributed by atoms with Crippen LogP contribution in [0, 0.1) is 5.82 Å². The van der Waals surface area contributed by atoms with Gasteiger partial charge in [0.25, 0.3) is 0 Å². The number of Topliss-reactive ketones (excluding diaryl/α,β-unsaturated/α-hetero) is 1. The second kappa shape index (κ2) is 5.14. The Labute approximate surface area is 91.8 Å². The van der Waals surface area contributed by atoms with Gasteiger partial charge in [0.15, 0.2) is 11.6 Å². The molecule has 5 heteroatoms. The fourth-order valence-corrected chi connectivity index (χ4v) is 1.86. The molecule has 0 aliphatic heterocycles. The van der Waals surface area contributed by atoms with Crippen molar-refractivity contribution in [3.05, 3.63) is 23.5 Å². The maximum Gasteiger partial charge on any atom is 0.179 e. The van der Waals surface area contributed by atoms with E-state index in [1.54, 1.807) is 12.3 Å². The van der Waals surface area contributed by atoms with E-state index >= 15 is 0 Å². The number of ether oxygens (including phenoxy) is 1. The Hall–Kier alpha value is -1.07. The summed E-state index contributed by atoms with van der Waals surface area (Å²) < 4.78 is 18.8. The molecule has 15 heavy (non-hydrogen) atoms. The van der Waals surface area contributed by atoms with Gasteiger partial charge in [-0.2, -0.15) is 0 Å². The van der Waals surface area contributed by atoms with Gasteiger partial charge in [0.1, 0.15) is 5.75 Å². The van der Waals surface area contributed by atoms with Crippen molar-refractivity contribution in [1.82, 2.24) is 0 Å². The molecule has 82 valence electrons. The zero-order valence-electron chi connectivity index (χ0n) is 8.54. The van der Waals surface area contributed by atoms with Crippen LogP contribution in [-0.2, 0) is 0 Å². The standard InChI is InChI=1S/C10H12FNO2S/c1-14-8-4-3-6(7(13)5-12)9(11)10(8)15-2/h3-4H,5,12H2,1-2H3. The molecule has 0 bridgehead atoms. The SMILES string of the molecule is COc1ccc(C(=O)CN)c(F)c1SC. The highest BCUT2D eigenvalue weighted by atomic mass is 32.2. The minimum absolute atomic E-state index is 0.0163. The van der Waals surface area contributed by atoms with E-state index in [0.29, 0.717) is 10.6 Å². The molecule has 1 rings (SSSR count). The van der Waals surface area contributed by atoms with Gasteiger partial charge in [-0.25, -0.2) is 4.39 Å². The number of carbonyl (C=O) groups is 1. The zero-order valence-corrected chi connectivity index (χ0v) is 9.36. The fourth-order valence-electron chi connectivity index (χ4n) is 1.21. The molecule has 0 amide bonds. The molecular weight excluding hydrogens is 217 g/mol. The molecule has 0 saturated heterocycles. The number of rotatable bonds is 4. The van der Waals surface area contributed by atoms with Crippen molar-refractivity contribution in [3.63, 3.8) is 0 Å². The van der Waals surface area contributed by atoms with Gasteiger partial charge in [-0.05, 0) is 18.4 Å². The summed E-state index contributed by atoms with van der Waals surface area (Å²) in [7, 11) is 1.46. The van der Waals surface area contributed by atoms with Gasteiger partial charge in [0.05, 0.1) is 24.1 Å². The summed E-state index contributed by atoms with van der Waals surface area (Å²) in [6.45, 7) is -0.197. The van der Waals surface area contributed by atoms with Crippen molar-refractivity contribution in [1.29, 1.82) is 0 Å². The summed E-state index contributed by atoms with van der Waals surface area (Å²) in [6, 6.07) is 2.96. The van der Waals surface area contributed by atoms with Gasteiger partial charge in [-0.3, -0.25) is 4.79 Å². The first-order valence-electron chi connectivity index (χ1n) is 4.29. The summed E-state index contributed by atoms with van der Waals surface area (Å²) in [5.41, 5.74) is 5.20. The van der Waals surface area contributed by atoms with Crippen LogP contribution < -0.4 is 10.5 Å². The van der Waals surface area contributed by atoms with Gasteiger partial charge in [0, 0.05) is 0 Å². The smallest absolute Gasteiger partial charge is 0.179 e. The van der Waals surface area contributed by atoms with Gasteiger partial charge >= 0.3 is 0 Å². The number of benzene rings is 1. The van der Waals surface area contributed by atoms with Crippen LogP contribution in [0.1, 0.15) is 10.4 Å². The number of methoxy groups -OCH3 is 1. The maximum atomic E-state index is 13.8. The first kappa shape index (κ1) is 12.0. The predicted molar refractivity (Wildman–Crippen MR) is 58.1 cm³/mol. The van der Waals surface area contributed by atoms with Crippen molar-refractivity contribution in [2.45, 2.75) is 4.90 Å². The fraction of sp³-hybridized carbons (Fsp3) is 0.300. The van der Waals surface area contributed by atoms with Crippen molar-refractivity contribution in [3.8, 4) is 5.75 Å². The van der Waals surface area contributed by atoms with Crippen LogP contribution >= 0.6 is 11.8 Å². The maximum absolute atomic E-state index is 13.8. The Morgan fingerprint density at radius 2 is 2.27 bits per heavy atom. The molecule has 0 spiro atoms. The van der Waals surface area contributed by atoms with Crippen molar-refractivity contribution in [2.75, 3.05) is 19.9 Å². The van der Waals surface area contributed by atoms with Gasteiger partial charge in [-0.1, -0.05) is 0 Å². The van der Waals surface area contributed by atoms with Gasteiger partial charge < -0.3 is 10.5 Å². The lowest BCUT2D eigenvalue weighted by atomic mass is 10.1. The molecule has 0 aliphatic rings. The molecule has 0 saturated carbocycles. The molecule has 0 unspecified atom stereocenters. The zero-order chi connectivity index (χ0) is 11.4. The minimum Gasteiger partial charge on any atom is -0.495 e. The lowest BCUT2D eigenvalue weighted by Crippen LogP contribution is -2.15. The second-order valence-corrected chi connectivity index (χ2v) is 3.61. The summed E-state index contributed by atoms with van der Waals surface area (Å²) in [5, 5.41) is 0. The van der Waals surface area contributed by atoms with Crippen LogP contribution in [0.5, 0.6) is 5.75 Å². The van der Waals surface area contributed by atoms with Gasteiger partial charge in [0.2, 0.25) is 0 Å². The molecule has 0 heterocycles. The third-order valence-electron chi connectivity index (χ3n) is 1.97. The molecule has 0 atom stereocenters. The average Bonchev–Trinajstić information content (AvgIpc) is 2.27. The van der Waals surface area contributed by atoms with E-state index < -0.39 is 11.6 Å². The Kier molecular flexibility index (Phi) is 4.11. The van der Waals surface area contributed by atoms with Crippen LogP contribution in [0.4, 0.5) is 4.39 Å². The number of ketones is 1. The van der Waals surface area contributed by atoms with Gasteiger partial charge in [-0.15, -0.1) is 11.8 Å². The highest BCUT2D eigenvalue weighted by molar-refractivity contribution is 7.98. The first-order chi connectivity index (χ1) is 7.15. The Balaban J connectivity index is 3.29. The second-order valence-electron chi connectivity index (χ2n) is 2.79. The molecule has 0 radical (unpaired) electrons. The topological polar surface area (TPSA) is 52.3 Å². The van der Waals surface area contributed by atoms with E-state index in [0.717, 1.165) is 0 Å². The van der Waals surface area contributed by atoms with E-state index in [1.165, 1.54) is 24.9 Å². The Bertz CT molecular complexity index is 382. The molecule has 2 N–H and O–H groups in total. The molecule has 0 aromatic heterocycles. The molecule has 0 aliphatic carbocycles. The molecule has 1 aromatic carbocycles. The predicted octanol–water partition coefficient (Wildman–Crippen LogP) is 1.70. The quantitative estimate of drug-likeness (QED) is 0.630. The number of hydrogen-bond acceptors (Lipinski definition) is 4. The third-order valence-corrected chi connectivity index (χ3v) is 2.76. The number of thioether (sulfide) groups is 1. The van der Waals surface area contributed by atoms with Crippen LogP contribution in [0.25, 0.3) is 0 Å². The Morgan fingerprint density at radius 3 is 2.73 bits per heavy atom. The summed E-state index contributed by atoms with van der Waals surface area (Å²) >= 11 is 1.20. The molecule has 3 nitrogen and oxygen atoms in total. The lowest BCUT2D eigenvalue weighted by molar-refractivity contribution is 0.0997. The highest BCUT2D eigenvalue weighted by Gasteiger charge is 2.17. The number of nitrogens with two attached hydrogens (primary N) is 1. The van der Waals surface area contributed by atoms with E-state index in [1.807, 2.05) is 0 Å². The summed E-state index contributed by atoms with van der Waals surface area (Å²) in [4.78, 5) is 11.6. The van der Waals surface area contributed by atoms with Crippen LogP contribution in [0.3, 0.4) is 0 Å². The van der Waals surface area contributed by atoms with Crippen LogP contribution in [-0.4, -0.2) is 25.7 Å². The minimum atomic E-state index is -0.558. The lowest BCUT2D eigenvalue weighted by Gasteiger charge is -2.09. The van der Waals surface area contributed by atoms with E-state index in [-0.39, 0.29) is 12.1 Å². The average molecular weight is 229 g/mol. The normalized spacial score (nSPS) is 10.1. The molecule has 0 fully saturated rings. The monoisotopic (exact) mass is 229 g/mol. The number of carbonyl (C=O) groups excluding carboxylic acids is 1. The van der Waals surface area contributed by atoms with E-state index in [9.17, 15) is 9.18 Å². The summed E-state index contributed by atoms with van der Waals surface area (Å²) in [6.07, 6.45) is 1.72. The first-order valence-corrected chi connectivity index (χ1v) is 5.52. The van der Waals surface area contributed by atoms with E-state index in [4.69, 9.17) is 10.5 Å². The van der Waals surface area contributed by atoms with Crippen molar-refractivity contribution in [2.24, 2.45) is 5.73 Å². The van der Waals surface area contributed by atoms with Crippen molar-refractivity contribution < 1.29 is 13.9 Å². The van der Waals surface area contributed by atoms with E-state index in [2.05, 4.69) is 0 Å². The van der Waals surface area contributed by atoms with Crippen LogP contribution in [0.2, 0.25) is 0 Å². The number of hydrogen-bond donors (Lipinski definition) is 1.